The van der Waals surface area contributed by atoms with Crippen LogP contribution in [0.2, 0.25) is 5.02 Å². The highest BCUT2D eigenvalue weighted by atomic mass is 35.5. The molecule has 4 aliphatic heterocycles. The summed E-state index contributed by atoms with van der Waals surface area (Å²) in [4.78, 5) is 28.3. The van der Waals surface area contributed by atoms with Gasteiger partial charge in [-0.15, -0.1) is 0 Å². The molecule has 1 aromatic heterocycles. The van der Waals surface area contributed by atoms with E-state index in [1.165, 1.54) is 12.1 Å². The summed E-state index contributed by atoms with van der Waals surface area (Å²) in [7, 11) is 0. The first kappa shape index (κ1) is 29.4. The molecule has 4 aromatic rings. The van der Waals surface area contributed by atoms with E-state index in [0.717, 1.165) is 32.2 Å². The number of nitrogens with zero attached hydrogens (tertiary/aromatic N) is 5. The summed E-state index contributed by atoms with van der Waals surface area (Å²) in [6.07, 6.45) is 4.35. The molecule has 1 N–H and O–H groups in total. The standard InChI is InChI=1S/C35H34ClF2N5O3/c1-2-29(45)43-22-7-8-23(43)18-41(17-22)33-26-10-9-25(27-14-24(44)13-20-5-3-6-28(36)30(20)27)31(38)32(26)39-34(40-33)46-19-35-11-4-12-42(35)16-21(37)15-35/h2-3,5-6,9-10,13-14,21-23,44H,1,4,7-8,11-12,15-19H2/t21-,22?,23?,35+/m1/s1. The van der Waals surface area contributed by atoms with Crippen molar-refractivity contribution in [3.8, 4) is 22.9 Å². The van der Waals surface area contributed by atoms with Gasteiger partial charge < -0.3 is 19.6 Å². The molecule has 8 nitrogen and oxygen atoms in total. The van der Waals surface area contributed by atoms with Gasteiger partial charge in [0.25, 0.3) is 0 Å². The van der Waals surface area contributed by atoms with Gasteiger partial charge >= 0.3 is 6.01 Å². The van der Waals surface area contributed by atoms with Gasteiger partial charge in [0, 0.05) is 59.5 Å². The van der Waals surface area contributed by atoms with Crippen LogP contribution >= 0.6 is 11.6 Å². The van der Waals surface area contributed by atoms with Gasteiger partial charge in [0.2, 0.25) is 5.91 Å². The van der Waals surface area contributed by atoms with Gasteiger partial charge in [-0.05, 0) is 73.5 Å². The Kier molecular flexibility index (Phi) is 7.06. The Morgan fingerprint density at radius 1 is 1.13 bits per heavy atom. The summed E-state index contributed by atoms with van der Waals surface area (Å²) in [6, 6.07) is 11.9. The summed E-state index contributed by atoms with van der Waals surface area (Å²) in [5, 5.41) is 12.8. The summed E-state index contributed by atoms with van der Waals surface area (Å²) in [5.41, 5.74) is 0.326. The number of carbonyl (C=O) groups is 1. The van der Waals surface area contributed by atoms with E-state index in [2.05, 4.69) is 21.4 Å². The number of alkyl halides is 1. The fourth-order valence-electron chi connectivity index (χ4n) is 8.41. The number of hydrogen-bond acceptors (Lipinski definition) is 7. The zero-order valence-electron chi connectivity index (χ0n) is 25.3. The van der Waals surface area contributed by atoms with Crippen molar-refractivity contribution in [2.24, 2.45) is 0 Å². The first-order valence-electron chi connectivity index (χ1n) is 15.9. The Balaban J connectivity index is 1.24. The maximum atomic E-state index is 16.8. The van der Waals surface area contributed by atoms with Crippen molar-refractivity contribution < 1.29 is 23.4 Å². The maximum Gasteiger partial charge on any atom is 0.319 e. The van der Waals surface area contributed by atoms with Gasteiger partial charge in [0.1, 0.15) is 29.9 Å². The van der Waals surface area contributed by atoms with Crippen LogP contribution in [0.1, 0.15) is 32.1 Å². The Morgan fingerprint density at radius 2 is 1.93 bits per heavy atom. The van der Waals surface area contributed by atoms with Gasteiger partial charge in [-0.2, -0.15) is 9.97 Å². The van der Waals surface area contributed by atoms with Crippen LogP contribution in [0.25, 0.3) is 32.8 Å². The van der Waals surface area contributed by atoms with Gasteiger partial charge in [-0.25, -0.2) is 8.78 Å². The topological polar surface area (TPSA) is 82.0 Å². The fraction of sp³-hybridized carbons (Fsp3) is 0.400. The molecule has 2 bridgehead atoms. The Bertz CT molecular complexity index is 1890. The van der Waals surface area contributed by atoms with E-state index in [-0.39, 0.29) is 47.4 Å². The van der Waals surface area contributed by atoms with E-state index in [0.29, 0.717) is 58.6 Å². The van der Waals surface area contributed by atoms with Crippen LogP contribution in [0.15, 0.2) is 55.1 Å². The highest BCUT2D eigenvalue weighted by Crippen LogP contribution is 2.43. The largest absolute Gasteiger partial charge is 0.508 e. The molecular formula is C35H34ClF2N5O3. The molecule has 8 rings (SSSR count). The minimum Gasteiger partial charge on any atom is -0.508 e. The lowest BCUT2D eigenvalue weighted by atomic mass is 9.95. The molecule has 3 aromatic carbocycles. The van der Waals surface area contributed by atoms with Gasteiger partial charge in [-0.3, -0.25) is 9.69 Å². The van der Waals surface area contributed by atoms with Crippen LogP contribution in [0.3, 0.4) is 0 Å². The number of phenolic OH excluding ortho intramolecular Hbond substituents is 1. The molecule has 2 unspecified atom stereocenters. The average molecular weight is 646 g/mol. The monoisotopic (exact) mass is 645 g/mol. The number of hydrogen-bond donors (Lipinski definition) is 1. The Labute approximate surface area is 270 Å². The summed E-state index contributed by atoms with van der Waals surface area (Å²) >= 11 is 6.60. The number of halogens is 3. The van der Waals surface area contributed by atoms with Crippen LogP contribution in [0, 0.1) is 5.82 Å². The number of piperazine rings is 1. The van der Waals surface area contributed by atoms with Crippen LogP contribution in [0.4, 0.5) is 14.6 Å². The Morgan fingerprint density at radius 3 is 2.72 bits per heavy atom. The molecule has 4 aliphatic rings. The molecule has 4 fully saturated rings. The molecule has 4 atom stereocenters. The molecule has 238 valence electrons. The maximum absolute atomic E-state index is 16.8. The van der Waals surface area contributed by atoms with Crippen LogP contribution in [-0.4, -0.2) is 87.4 Å². The number of rotatable bonds is 6. The second-order valence-electron chi connectivity index (χ2n) is 13.1. The van der Waals surface area contributed by atoms with E-state index in [1.54, 1.807) is 30.3 Å². The van der Waals surface area contributed by atoms with Gasteiger partial charge in [0.15, 0.2) is 5.82 Å². The number of anilines is 1. The molecule has 0 spiro atoms. The molecule has 0 aliphatic carbocycles. The number of fused-ring (bicyclic) bond motifs is 5. The first-order valence-corrected chi connectivity index (χ1v) is 16.3. The summed E-state index contributed by atoms with van der Waals surface area (Å²) in [6.45, 7) is 6.15. The number of phenols is 1. The second-order valence-corrected chi connectivity index (χ2v) is 13.5. The van der Waals surface area contributed by atoms with Crippen LogP contribution in [-0.2, 0) is 4.79 Å². The third-order valence-corrected chi connectivity index (χ3v) is 10.7. The number of amides is 1. The smallest absolute Gasteiger partial charge is 0.319 e. The molecule has 0 saturated carbocycles. The number of carbonyl (C=O) groups excluding carboxylic acids is 1. The van der Waals surface area contributed by atoms with Crippen molar-refractivity contribution in [1.29, 1.82) is 0 Å². The molecule has 5 heterocycles. The van der Waals surface area contributed by atoms with E-state index < -0.39 is 17.5 Å². The minimum absolute atomic E-state index is 0.0119. The van der Waals surface area contributed by atoms with Gasteiger partial charge in [0.05, 0.1) is 5.54 Å². The first-order chi connectivity index (χ1) is 22.2. The quantitative estimate of drug-likeness (QED) is 0.248. The van der Waals surface area contributed by atoms with E-state index in [4.69, 9.17) is 21.3 Å². The molecule has 11 heteroatoms. The number of ether oxygens (including phenoxy) is 1. The van der Waals surface area contributed by atoms with E-state index in [9.17, 15) is 14.3 Å². The van der Waals surface area contributed by atoms with E-state index in [1.807, 2.05) is 11.0 Å². The third kappa shape index (κ3) is 4.68. The van der Waals surface area contributed by atoms with Crippen molar-refractivity contribution in [2.45, 2.75) is 55.9 Å². The molecule has 4 saturated heterocycles. The molecule has 1 amide bonds. The van der Waals surface area contributed by atoms with Crippen molar-refractivity contribution in [3.63, 3.8) is 0 Å². The van der Waals surface area contributed by atoms with Crippen LogP contribution in [0.5, 0.6) is 11.8 Å². The van der Waals surface area contributed by atoms with Crippen molar-refractivity contribution in [3.05, 3.63) is 66.0 Å². The van der Waals surface area contributed by atoms with Crippen molar-refractivity contribution in [2.75, 3.05) is 37.7 Å². The lowest BCUT2D eigenvalue weighted by Gasteiger charge is -2.41. The minimum atomic E-state index is -0.911. The van der Waals surface area contributed by atoms with Gasteiger partial charge in [-0.1, -0.05) is 36.4 Å². The molecule has 46 heavy (non-hydrogen) atoms. The van der Waals surface area contributed by atoms with Crippen molar-refractivity contribution >= 4 is 45.0 Å². The number of aromatic hydroxyl groups is 1. The normalized spacial score (nSPS) is 25.8. The molecular weight excluding hydrogens is 612 g/mol. The highest BCUT2D eigenvalue weighted by molar-refractivity contribution is 6.36. The average Bonchev–Trinajstić information content (AvgIpc) is 3.66. The third-order valence-electron chi connectivity index (χ3n) is 10.4. The zero-order chi connectivity index (χ0) is 31.7. The number of benzene rings is 3. The predicted molar refractivity (Wildman–Crippen MR) is 174 cm³/mol. The van der Waals surface area contributed by atoms with Crippen LogP contribution < -0.4 is 9.64 Å². The number of aromatic nitrogens is 2. The lowest BCUT2D eigenvalue weighted by Crippen LogP contribution is -2.55. The Hall–Kier alpha value is -4.02. The van der Waals surface area contributed by atoms with E-state index >= 15 is 4.39 Å². The van der Waals surface area contributed by atoms with Crippen molar-refractivity contribution in [1.82, 2.24) is 19.8 Å². The zero-order valence-corrected chi connectivity index (χ0v) is 26.0. The highest BCUT2D eigenvalue weighted by Gasteiger charge is 2.49. The summed E-state index contributed by atoms with van der Waals surface area (Å²) < 4.78 is 37.6. The summed E-state index contributed by atoms with van der Waals surface area (Å²) in [5.74, 6) is -0.157. The lowest BCUT2D eigenvalue weighted by molar-refractivity contribution is -0.129. The molecule has 0 radical (unpaired) electrons. The second kappa shape index (κ2) is 11.1. The SMILES string of the molecule is C=CC(=O)N1C2CCC1CN(c1nc(OC[C@@]34CCCN3C[C@H](F)C4)nc3c(F)c(-c4cc(O)cc5cccc(Cl)c45)ccc13)C2. The predicted octanol–water partition coefficient (Wildman–Crippen LogP) is 6.27. The fourth-order valence-corrected chi connectivity index (χ4v) is 8.69.